The number of fused-ring (bicyclic) bond motifs is 1. The van der Waals surface area contributed by atoms with Crippen LogP contribution >= 0.6 is 0 Å². The highest BCUT2D eigenvalue weighted by atomic mass is 16.5. The molecular weight excluding hydrogens is 264 g/mol. The second-order valence-electron chi connectivity index (χ2n) is 4.90. The predicted octanol–water partition coefficient (Wildman–Crippen LogP) is 4.01. The van der Waals surface area contributed by atoms with Gasteiger partial charge in [-0.25, -0.2) is 0 Å². The second kappa shape index (κ2) is 5.44. The van der Waals surface area contributed by atoms with E-state index in [1.807, 2.05) is 50.2 Å². The Morgan fingerprint density at radius 1 is 1.19 bits per heavy atom. The minimum atomic E-state index is -0.0746. The van der Waals surface area contributed by atoms with Crippen molar-refractivity contribution < 1.29 is 14.3 Å². The summed E-state index contributed by atoms with van der Waals surface area (Å²) < 4.78 is 11.2. The molecule has 0 N–H and O–H groups in total. The highest BCUT2D eigenvalue weighted by molar-refractivity contribution is 6.15. The van der Waals surface area contributed by atoms with Crippen LogP contribution in [0.3, 0.4) is 0 Å². The SMILES string of the molecule is CCOc1cc(C)c2c(c1)O/C(=C\c1ccccc1)C2=O. The molecule has 2 aromatic carbocycles. The minimum absolute atomic E-state index is 0.0746. The van der Waals surface area contributed by atoms with E-state index in [1.54, 1.807) is 12.1 Å². The first-order chi connectivity index (χ1) is 10.2. The number of carbonyl (C=O) groups excluding carboxylic acids is 1. The van der Waals surface area contributed by atoms with Crippen LogP contribution in [0.15, 0.2) is 48.2 Å². The lowest BCUT2D eigenvalue weighted by molar-refractivity contribution is 0.101. The fraction of sp³-hybridized carbons (Fsp3) is 0.167. The number of allylic oxidation sites excluding steroid dienone is 1. The van der Waals surface area contributed by atoms with Gasteiger partial charge in [0.15, 0.2) is 5.76 Å². The third-order valence-electron chi connectivity index (χ3n) is 3.35. The van der Waals surface area contributed by atoms with Crippen LogP contribution in [-0.4, -0.2) is 12.4 Å². The molecule has 0 bridgehead atoms. The summed E-state index contributed by atoms with van der Waals surface area (Å²) in [5.74, 6) is 1.58. The van der Waals surface area contributed by atoms with Gasteiger partial charge in [0.1, 0.15) is 11.5 Å². The van der Waals surface area contributed by atoms with Crippen LogP contribution in [0.25, 0.3) is 6.08 Å². The summed E-state index contributed by atoms with van der Waals surface area (Å²) in [6.45, 7) is 4.41. The molecule has 3 rings (SSSR count). The molecule has 0 atom stereocenters. The lowest BCUT2D eigenvalue weighted by Crippen LogP contribution is -1.99. The maximum absolute atomic E-state index is 12.5. The number of ketones is 1. The van der Waals surface area contributed by atoms with E-state index in [2.05, 4.69) is 0 Å². The zero-order valence-corrected chi connectivity index (χ0v) is 12.1. The lowest BCUT2D eigenvalue weighted by atomic mass is 10.0. The summed E-state index contributed by atoms with van der Waals surface area (Å²) >= 11 is 0. The average Bonchev–Trinajstić information content (AvgIpc) is 2.77. The van der Waals surface area contributed by atoms with Gasteiger partial charge in [0, 0.05) is 6.07 Å². The van der Waals surface area contributed by atoms with E-state index in [0.717, 1.165) is 16.9 Å². The first-order valence-corrected chi connectivity index (χ1v) is 6.96. The molecule has 0 aromatic heterocycles. The average molecular weight is 280 g/mol. The van der Waals surface area contributed by atoms with Crippen LogP contribution in [0.5, 0.6) is 11.5 Å². The molecule has 0 spiro atoms. The number of aryl methyl sites for hydroxylation is 1. The number of Topliss-reactive ketones (excluding diaryl/α,β-unsaturated/α-hetero) is 1. The first kappa shape index (κ1) is 13.4. The summed E-state index contributed by atoms with van der Waals surface area (Å²) in [6.07, 6.45) is 1.77. The van der Waals surface area contributed by atoms with Gasteiger partial charge in [-0.2, -0.15) is 0 Å². The van der Waals surface area contributed by atoms with Gasteiger partial charge in [-0.15, -0.1) is 0 Å². The van der Waals surface area contributed by atoms with Crippen LogP contribution < -0.4 is 9.47 Å². The number of rotatable bonds is 3. The highest BCUT2D eigenvalue weighted by Crippen LogP contribution is 2.37. The summed E-state index contributed by atoms with van der Waals surface area (Å²) in [5.41, 5.74) is 2.44. The van der Waals surface area contributed by atoms with Crippen LogP contribution in [0.1, 0.15) is 28.4 Å². The van der Waals surface area contributed by atoms with Crippen molar-refractivity contribution in [3.8, 4) is 11.5 Å². The maximum atomic E-state index is 12.5. The van der Waals surface area contributed by atoms with Gasteiger partial charge in [-0.3, -0.25) is 4.79 Å². The van der Waals surface area contributed by atoms with Crippen LogP contribution in [-0.2, 0) is 0 Å². The molecule has 21 heavy (non-hydrogen) atoms. The monoisotopic (exact) mass is 280 g/mol. The summed E-state index contributed by atoms with van der Waals surface area (Å²) in [7, 11) is 0. The number of hydrogen-bond acceptors (Lipinski definition) is 3. The molecule has 1 aliphatic heterocycles. The molecule has 0 unspecified atom stereocenters. The second-order valence-corrected chi connectivity index (χ2v) is 4.90. The quantitative estimate of drug-likeness (QED) is 0.797. The molecule has 3 nitrogen and oxygen atoms in total. The van der Waals surface area contributed by atoms with E-state index in [1.165, 1.54) is 0 Å². The molecule has 0 aliphatic carbocycles. The van der Waals surface area contributed by atoms with E-state index in [9.17, 15) is 4.79 Å². The predicted molar refractivity (Wildman–Crippen MR) is 81.7 cm³/mol. The molecule has 2 aromatic rings. The van der Waals surface area contributed by atoms with Crippen molar-refractivity contribution in [2.45, 2.75) is 13.8 Å². The topological polar surface area (TPSA) is 35.5 Å². The van der Waals surface area contributed by atoms with Crippen molar-refractivity contribution >= 4 is 11.9 Å². The molecule has 1 aliphatic rings. The number of carbonyl (C=O) groups is 1. The smallest absolute Gasteiger partial charge is 0.232 e. The summed E-state index contributed by atoms with van der Waals surface area (Å²) in [4.78, 5) is 12.5. The van der Waals surface area contributed by atoms with E-state index in [-0.39, 0.29) is 5.78 Å². The normalized spacial score (nSPS) is 15.0. The molecular formula is C18H16O3. The van der Waals surface area contributed by atoms with Gasteiger partial charge < -0.3 is 9.47 Å². The Morgan fingerprint density at radius 3 is 2.67 bits per heavy atom. The van der Waals surface area contributed by atoms with Gasteiger partial charge in [0.2, 0.25) is 5.78 Å². The van der Waals surface area contributed by atoms with Crippen molar-refractivity contribution in [1.29, 1.82) is 0 Å². The third-order valence-corrected chi connectivity index (χ3v) is 3.35. The van der Waals surface area contributed by atoms with E-state index >= 15 is 0 Å². The maximum Gasteiger partial charge on any atom is 0.232 e. The van der Waals surface area contributed by atoms with Gasteiger partial charge in [0.05, 0.1) is 12.2 Å². The van der Waals surface area contributed by atoms with E-state index < -0.39 is 0 Å². The highest BCUT2D eigenvalue weighted by Gasteiger charge is 2.29. The van der Waals surface area contributed by atoms with Gasteiger partial charge in [-0.1, -0.05) is 30.3 Å². The van der Waals surface area contributed by atoms with E-state index in [4.69, 9.17) is 9.47 Å². The standard InChI is InChI=1S/C18H16O3/c1-3-20-14-9-12(2)17-15(11-14)21-16(18(17)19)10-13-7-5-4-6-8-13/h4-11H,3H2,1-2H3/b16-10-. The van der Waals surface area contributed by atoms with Gasteiger partial charge in [0.25, 0.3) is 0 Å². The molecule has 106 valence electrons. The molecule has 0 saturated heterocycles. The van der Waals surface area contributed by atoms with Crippen molar-refractivity contribution in [3.05, 3.63) is 64.9 Å². The number of benzene rings is 2. The van der Waals surface area contributed by atoms with Crippen LogP contribution in [0.2, 0.25) is 0 Å². The number of hydrogen-bond donors (Lipinski definition) is 0. The Labute approximate surface area is 123 Å². The lowest BCUT2D eigenvalue weighted by Gasteiger charge is -2.06. The largest absolute Gasteiger partial charge is 0.494 e. The molecule has 3 heteroatoms. The Morgan fingerprint density at radius 2 is 1.95 bits per heavy atom. The Bertz CT molecular complexity index is 715. The summed E-state index contributed by atoms with van der Waals surface area (Å²) in [6, 6.07) is 13.3. The summed E-state index contributed by atoms with van der Waals surface area (Å²) in [5, 5.41) is 0. The minimum Gasteiger partial charge on any atom is -0.494 e. The van der Waals surface area contributed by atoms with Crippen LogP contribution in [0, 0.1) is 6.92 Å². The Hall–Kier alpha value is -2.55. The fourth-order valence-electron chi connectivity index (χ4n) is 2.43. The zero-order valence-electron chi connectivity index (χ0n) is 12.1. The Kier molecular flexibility index (Phi) is 3.48. The zero-order chi connectivity index (χ0) is 14.8. The number of ether oxygens (including phenoxy) is 2. The molecule has 1 heterocycles. The van der Waals surface area contributed by atoms with Crippen molar-refractivity contribution in [2.75, 3.05) is 6.61 Å². The van der Waals surface area contributed by atoms with Crippen molar-refractivity contribution in [2.24, 2.45) is 0 Å². The van der Waals surface area contributed by atoms with E-state index in [0.29, 0.717) is 23.7 Å². The molecule has 0 radical (unpaired) electrons. The molecule has 0 amide bonds. The van der Waals surface area contributed by atoms with Gasteiger partial charge >= 0.3 is 0 Å². The first-order valence-electron chi connectivity index (χ1n) is 6.96. The van der Waals surface area contributed by atoms with Crippen molar-refractivity contribution in [1.82, 2.24) is 0 Å². The third kappa shape index (κ3) is 2.55. The van der Waals surface area contributed by atoms with Gasteiger partial charge in [-0.05, 0) is 37.1 Å². The molecule has 0 saturated carbocycles. The fourth-order valence-corrected chi connectivity index (χ4v) is 2.43. The van der Waals surface area contributed by atoms with Crippen molar-refractivity contribution in [3.63, 3.8) is 0 Å². The van der Waals surface area contributed by atoms with Crippen LogP contribution in [0.4, 0.5) is 0 Å². The molecule has 0 fully saturated rings. The Balaban J connectivity index is 1.99.